The van der Waals surface area contributed by atoms with E-state index in [4.69, 9.17) is 8.94 Å². The van der Waals surface area contributed by atoms with Crippen LogP contribution in [-0.4, -0.2) is 30.1 Å². The minimum absolute atomic E-state index is 0.0233. The van der Waals surface area contributed by atoms with Crippen molar-refractivity contribution in [1.29, 1.82) is 0 Å². The summed E-state index contributed by atoms with van der Waals surface area (Å²) in [5, 5.41) is 12.1. The summed E-state index contributed by atoms with van der Waals surface area (Å²) in [6.07, 6.45) is -4.47. The number of alkyl halides is 3. The summed E-state index contributed by atoms with van der Waals surface area (Å²) in [5.41, 5.74) is 3.01. The second-order valence-electron chi connectivity index (χ2n) is 8.07. The molecular formula is C24H19F3N6O2. The molecule has 0 N–H and O–H groups in total. The molecule has 2 aromatic carbocycles. The molecule has 3 aromatic heterocycles. The molecule has 35 heavy (non-hydrogen) atoms. The van der Waals surface area contributed by atoms with E-state index in [0.29, 0.717) is 35.3 Å². The number of aryl methyl sites for hydroxylation is 2. The molecule has 0 radical (unpaired) electrons. The number of hydrogen-bond acceptors (Lipinski definition) is 7. The predicted octanol–water partition coefficient (Wildman–Crippen LogP) is 5.64. The van der Waals surface area contributed by atoms with Crippen LogP contribution in [0.1, 0.15) is 28.3 Å². The Bertz CT molecular complexity index is 1520. The number of rotatable bonds is 5. The van der Waals surface area contributed by atoms with Crippen molar-refractivity contribution in [3.05, 3.63) is 76.8 Å². The summed E-state index contributed by atoms with van der Waals surface area (Å²) in [5.74, 6) is 1.25. The Hall–Kier alpha value is -4.28. The van der Waals surface area contributed by atoms with Gasteiger partial charge in [-0.2, -0.15) is 18.2 Å². The lowest BCUT2D eigenvalue weighted by Crippen LogP contribution is -2.05. The lowest BCUT2D eigenvalue weighted by Gasteiger charge is -2.06. The Balaban J connectivity index is 1.40. The molecule has 5 rings (SSSR count). The first-order valence-corrected chi connectivity index (χ1v) is 10.6. The van der Waals surface area contributed by atoms with Crippen LogP contribution in [0.3, 0.4) is 0 Å². The van der Waals surface area contributed by atoms with Gasteiger partial charge in [0.05, 0.1) is 17.8 Å². The van der Waals surface area contributed by atoms with Crippen LogP contribution in [-0.2, 0) is 12.7 Å². The number of nitrogens with zero attached hydrogens (tertiary/aromatic N) is 6. The van der Waals surface area contributed by atoms with Gasteiger partial charge >= 0.3 is 6.18 Å². The zero-order valence-corrected chi connectivity index (χ0v) is 19.0. The van der Waals surface area contributed by atoms with Crippen molar-refractivity contribution >= 4 is 0 Å². The van der Waals surface area contributed by atoms with Gasteiger partial charge in [-0.3, -0.25) is 0 Å². The molecule has 0 atom stereocenters. The molecule has 0 unspecified atom stereocenters. The van der Waals surface area contributed by atoms with Gasteiger partial charge in [0.1, 0.15) is 11.5 Å². The smallest absolute Gasteiger partial charge is 0.416 e. The van der Waals surface area contributed by atoms with Gasteiger partial charge in [0.15, 0.2) is 5.69 Å². The number of aromatic nitrogens is 6. The Labute approximate surface area is 197 Å². The van der Waals surface area contributed by atoms with E-state index in [1.54, 1.807) is 11.6 Å². The van der Waals surface area contributed by atoms with Gasteiger partial charge in [0.25, 0.3) is 5.89 Å². The van der Waals surface area contributed by atoms with Crippen LogP contribution in [0.15, 0.2) is 57.5 Å². The van der Waals surface area contributed by atoms with Gasteiger partial charge in [-0.1, -0.05) is 40.2 Å². The first-order chi connectivity index (χ1) is 16.7. The molecule has 0 aliphatic carbocycles. The van der Waals surface area contributed by atoms with Crippen molar-refractivity contribution in [3.8, 4) is 34.4 Å². The second-order valence-corrected chi connectivity index (χ2v) is 8.07. The van der Waals surface area contributed by atoms with Crippen LogP contribution < -0.4 is 0 Å². The Morgan fingerprint density at radius 1 is 0.914 bits per heavy atom. The highest BCUT2D eigenvalue weighted by Gasteiger charge is 2.31. The van der Waals surface area contributed by atoms with Crippen molar-refractivity contribution in [1.82, 2.24) is 30.1 Å². The minimum Gasteiger partial charge on any atom is -0.441 e. The third kappa shape index (κ3) is 4.44. The fraction of sp³-hybridized carbons (Fsp3) is 0.208. The summed E-state index contributed by atoms with van der Waals surface area (Å²) in [7, 11) is 0. The van der Waals surface area contributed by atoms with Crippen LogP contribution in [0.4, 0.5) is 13.2 Å². The van der Waals surface area contributed by atoms with E-state index < -0.39 is 11.7 Å². The molecule has 0 amide bonds. The predicted molar refractivity (Wildman–Crippen MR) is 119 cm³/mol. The molecule has 0 aliphatic rings. The van der Waals surface area contributed by atoms with Crippen LogP contribution in [0.25, 0.3) is 34.4 Å². The minimum atomic E-state index is -4.47. The van der Waals surface area contributed by atoms with Crippen molar-refractivity contribution < 1.29 is 22.1 Å². The Morgan fingerprint density at radius 2 is 1.69 bits per heavy atom. The zero-order chi connectivity index (χ0) is 24.7. The molecule has 0 saturated heterocycles. The number of halogens is 3. The molecule has 0 fully saturated rings. The molecule has 11 heteroatoms. The highest BCUT2D eigenvalue weighted by atomic mass is 19.4. The molecule has 0 spiro atoms. The summed E-state index contributed by atoms with van der Waals surface area (Å²) in [6, 6.07) is 12.6. The average Bonchev–Trinajstić information content (AvgIpc) is 3.53. The van der Waals surface area contributed by atoms with Crippen molar-refractivity contribution in [2.24, 2.45) is 0 Å². The standard InChI is InChI=1S/C24H19F3N6O2/c1-13-6-4-8-17(10-13)22-28-19(15(3)34-22)12-33-14(2)20(30-32-33)23-29-21(31-35-23)16-7-5-9-18(11-16)24(25,26)27/h4-11H,12H2,1-3H3. The third-order valence-corrected chi connectivity index (χ3v) is 5.52. The maximum Gasteiger partial charge on any atom is 0.416 e. The molecule has 8 nitrogen and oxygen atoms in total. The van der Waals surface area contributed by atoms with Crippen LogP contribution >= 0.6 is 0 Å². The number of hydrogen-bond donors (Lipinski definition) is 0. The molecule has 178 valence electrons. The molecule has 3 heterocycles. The van der Waals surface area contributed by atoms with Crippen LogP contribution in [0.2, 0.25) is 0 Å². The van der Waals surface area contributed by atoms with Gasteiger partial charge in [0, 0.05) is 11.1 Å². The highest BCUT2D eigenvalue weighted by molar-refractivity contribution is 5.60. The molecular weight excluding hydrogens is 461 g/mol. The van der Waals surface area contributed by atoms with Gasteiger partial charge in [-0.05, 0) is 45.0 Å². The lowest BCUT2D eigenvalue weighted by molar-refractivity contribution is -0.137. The second kappa shape index (κ2) is 8.49. The summed E-state index contributed by atoms with van der Waals surface area (Å²) >= 11 is 0. The van der Waals surface area contributed by atoms with E-state index in [2.05, 4.69) is 25.4 Å². The Kier molecular flexibility index (Phi) is 5.46. The van der Waals surface area contributed by atoms with E-state index >= 15 is 0 Å². The van der Waals surface area contributed by atoms with Gasteiger partial charge in [-0.15, -0.1) is 5.10 Å². The van der Waals surface area contributed by atoms with Crippen LogP contribution in [0.5, 0.6) is 0 Å². The number of benzene rings is 2. The molecule has 0 aliphatic heterocycles. The average molecular weight is 480 g/mol. The highest BCUT2D eigenvalue weighted by Crippen LogP contribution is 2.32. The quantitative estimate of drug-likeness (QED) is 0.321. The van der Waals surface area contributed by atoms with E-state index in [0.717, 1.165) is 23.3 Å². The fourth-order valence-electron chi connectivity index (χ4n) is 3.60. The van der Waals surface area contributed by atoms with Gasteiger partial charge in [0.2, 0.25) is 11.7 Å². The van der Waals surface area contributed by atoms with Crippen molar-refractivity contribution in [2.45, 2.75) is 33.5 Å². The number of oxazole rings is 1. The third-order valence-electron chi connectivity index (χ3n) is 5.52. The first kappa shape index (κ1) is 22.5. The first-order valence-electron chi connectivity index (χ1n) is 10.6. The summed E-state index contributed by atoms with van der Waals surface area (Å²) in [4.78, 5) is 8.84. The van der Waals surface area contributed by atoms with E-state index in [-0.39, 0.29) is 17.3 Å². The van der Waals surface area contributed by atoms with E-state index in [9.17, 15) is 13.2 Å². The Morgan fingerprint density at radius 3 is 2.46 bits per heavy atom. The summed E-state index contributed by atoms with van der Waals surface area (Å²) < 4.78 is 51.9. The summed E-state index contributed by atoms with van der Waals surface area (Å²) in [6.45, 7) is 5.90. The fourth-order valence-corrected chi connectivity index (χ4v) is 3.60. The molecule has 5 aromatic rings. The maximum absolute atomic E-state index is 13.0. The van der Waals surface area contributed by atoms with Gasteiger partial charge in [-0.25, -0.2) is 9.67 Å². The van der Waals surface area contributed by atoms with Crippen molar-refractivity contribution in [3.63, 3.8) is 0 Å². The van der Waals surface area contributed by atoms with E-state index in [1.807, 2.05) is 38.1 Å². The molecule has 0 saturated carbocycles. The van der Waals surface area contributed by atoms with E-state index in [1.165, 1.54) is 12.1 Å². The topological polar surface area (TPSA) is 95.7 Å². The van der Waals surface area contributed by atoms with Crippen molar-refractivity contribution in [2.75, 3.05) is 0 Å². The largest absolute Gasteiger partial charge is 0.441 e. The SMILES string of the molecule is Cc1cccc(-c2nc(Cn3nnc(-c4nc(-c5cccc(C(F)(F)F)c5)no4)c3C)c(C)o2)c1. The van der Waals surface area contributed by atoms with Gasteiger partial charge < -0.3 is 8.94 Å². The monoisotopic (exact) mass is 480 g/mol. The normalized spacial score (nSPS) is 11.8. The maximum atomic E-state index is 13.0. The van der Waals surface area contributed by atoms with Crippen LogP contribution in [0, 0.1) is 20.8 Å². The lowest BCUT2D eigenvalue weighted by atomic mass is 10.1. The zero-order valence-electron chi connectivity index (χ0n) is 19.0. The molecule has 0 bridgehead atoms.